The highest BCUT2D eigenvalue weighted by molar-refractivity contribution is 5.93. The quantitative estimate of drug-likeness (QED) is 0.895. The van der Waals surface area contributed by atoms with Crippen LogP contribution in [0.15, 0.2) is 24.3 Å². The van der Waals surface area contributed by atoms with Crippen molar-refractivity contribution in [2.75, 3.05) is 25.0 Å². The Hall–Kier alpha value is -1.39. The number of hydrogen-bond donors (Lipinski definition) is 2. The van der Waals surface area contributed by atoms with E-state index in [-0.39, 0.29) is 5.91 Å². The van der Waals surface area contributed by atoms with Gasteiger partial charge in [-0.3, -0.25) is 9.69 Å². The highest BCUT2D eigenvalue weighted by Gasteiger charge is 2.23. The van der Waals surface area contributed by atoms with Gasteiger partial charge in [-0.15, -0.1) is 0 Å². The van der Waals surface area contributed by atoms with Crippen molar-refractivity contribution in [2.24, 2.45) is 11.1 Å². The number of anilines is 1. The molecule has 0 spiro atoms. The molecule has 1 aromatic carbocycles. The van der Waals surface area contributed by atoms with Crippen molar-refractivity contribution < 1.29 is 4.79 Å². The monoisotopic (exact) mass is 289 g/mol. The molecule has 0 aromatic heterocycles. The Labute approximate surface area is 127 Å². The van der Waals surface area contributed by atoms with Gasteiger partial charge in [0.25, 0.3) is 0 Å². The van der Waals surface area contributed by atoms with Gasteiger partial charge in [0.05, 0.1) is 6.54 Å². The van der Waals surface area contributed by atoms with E-state index in [1.165, 1.54) is 12.8 Å². The summed E-state index contributed by atoms with van der Waals surface area (Å²) in [6.07, 6.45) is 3.56. The maximum atomic E-state index is 12.2. The lowest BCUT2D eigenvalue weighted by atomic mass is 9.85. The van der Waals surface area contributed by atoms with Gasteiger partial charge in [0.2, 0.25) is 5.91 Å². The Morgan fingerprint density at radius 3 is 2.81 bits per heavy atom. The molecule has 2 rings (SSSR count). The molecule has 1 fully saturated rings. The molecule has 1 saturated heterocycles. The SMILES string of the molecule is CC1(C)CCCN(CC(=O)Nc2ccccc2CN)CC1. The van der Waals surface area contributed by atoms with Crippen molar-refractivity contribution in [1.29, 1.82) is 0 Å². The summed E-state index contributed by atoms with van der Waals surface area (Å²) in [4.78, 5) is 14.5. The minimum absolute atomic E-state index is 0.0515. The molecule has 1 aliphatic heterocycles. The van der Waals surface area contributed by atoms with Crippen LogP contribution in [0.25, 0.3) is 0 Å². The number of rotatable bonds is 4. The van der Waals surface area contributed by atoms with E-state index in [4.69, 9.17) is 5.73 Å². The number of hydrogen-bond acceptors (Lipinski definition) is 3. The Morgan fingerprint density at radius 1 is 1.29 bits per heavy atom. The van der Waals surface area contributed by atoms with Gasteiger partial charge in [-0.25, -0.2) is 0 Å². The Bertz CT molecular complexity index is 485. The number of benzene rings is 1. The van der Waals surface area contributed by atoms with E-state index in [0.29, 0.717) is 18.5 Å². The molecular weight excluding hydrogens is 262 g/mol. The van der Waals surface area contributed by atoms with Crippen molar-refractivity contribution >= 4 is 11.6 Å². The van der Waals surface area contributed by atoms with Crippen LogP contribution in [0.5, 0.6) is 0 Å². The maximum absolute atomic E-state index is 12.2. The molecule has 3 N–H and O–H groups in total. The molecule has 1 aromatic rings. The summed E-state index contributed by atoms with van der Waals surface area (Å²) in [7, 11) is 0. The van der Waals surface area contributed by atoms with Crippen molar-refractivity contribution in [3.63, 3.8) is 0 Å². The number of carbonyl (C=O) groups is 1. The van der Waals surface area contributed by atoms with E-state index in [1.54, 1.807) is 0 Å². The first-order valence-corrected chi connectivity index (χ1v) is 7.80. The standard InChI is InChI=1S/C17H27N3O/c1-17(2)8-5-10-20(11-9-17)13-16(21)19-15-7-4-3-6-14(15)12-18/h3-4,6-7H,5,8-13,18H2,1-2H3,(H,19,21). The second kappa shape index (κ2) is 7.05. The van der Waals surface area contributed by atoms with Crippen molar-refractivity contribution in [3.8, 4) is 0 Å². The zero-order valence-corrected chi connectivity index (χ0v) is 13.2. The topological polar surface area (TPSA) is 58.4 Å². The largest absolute Gasteiger partial charge is 0.326 e. The molecule has 0 unspecified atom stereocenters. The molecule has 0 aliphatic carbocycles. The smallest absolute Gasteiger partial charge is 0.238 e. The van der Waals surface area contributed by atoms with E-state index in [9.17, 15) is 4.79 Å². The number of amides is 1. The predicted octanol–water partition coefficient (Wildman–Crippen LogP) is 2.60. The lowest BCUT2D eigenvalue weighted by Crippen LogP contribution is -2.34. The summed E-state index contributed by atoms with van der Waals surface area (Å²) in [6, 6.07) is 7.72. The number of nitrogens with two attached hydrogens (primary N) is 1. The van der Waals surface area contributed by atoms with Gasteiger partial charge in [0.1, 0.15) is 0 Å². The molecule has 21 heavy (non-hydrogen) atoms. The van der Waals surface area contributed by atoms with Crippen LogP contribution in [0.3, 0.4) is 0 Å². The fraction of sp³-hybridized carbons (Fsp3) is 0.588. The first kappa shape index (κ1) is 16.0. The zero-order chi connectivity index (χ0) is 15.3. The lowest BCUT2D eigenvalue weighted by Gasteiger charge is -2.23. The van der Waals surface area contributed by atoms with Gasteiger partial charge < -0.3 is 11.1 Å². The molecule has 0 bridgehead atoms. The molecule has 4 heteroatoms. The summed E-state index contributed by atoms with van der Waals surface area (Å²) in [5.74, 6) is 0.0515. The molecule has 0 atom stereocenters. The van der Waals surface area contributed by atoms with Crippen LogP contribution in [-0.4, -0.2) is 30.4 Å². The third-order valence-electron chi connectivity index (χ3n) is 4.31. The summed E-state index contributed by atoms with van der Waals surface area (Å²) in [6.45, 7) is 7.54. The number of carbonyl (C=O) groups excluding carboxylic acids is 1. The van der Waals surface area contributed by atoms with Crippen LogP contribution in [0.2, 0.25) is 0 Å². The van der Waals surface area contributed by atoms with Gasteiger partial charge in [-0.05, 0) is 49.4 Å². The molecule has 0 saturated carbocycles. The zero-order valence-electron chi connectivity index (χ0n) is 13.2. The van der Waals surface area contributed by atoms with E-state index < -0.39 is 0 Å². The molecule has 1 heterocycles. The number of nitrogens with zero attached hydrogens (tertiary/aromatic N) is 1. The molecule has 0 radical (unpaired) electrons. The summed E-state index contributed by atoms with van der Waals surface area (Å²) >= 11 is 0. The second-order valence-corrected chi connectivity index (χ2v) is 6.70. The Morgan fingerprint density at radius 2 is 2.05 bits per heavy atom. The van der Waals surface area contributed by atoms with Crippen LogP contribution in [0.1, 0.15) is 38.7 Å². The number of para-hydroxylation sites is 1. The third kappa shape index (κ3) is 4.83. The van der Waals surface area contributed by atoms with E-state index >= 15 is 0 Å². The normalized spacial score (nSPS) is 19.0. The highest BCUT2D eigenvalue weighted by Crippen LogP contribution is 2.29. The maximum Gasteiger partial charge on any atom is 0.238 e. The van der Waals surface area contributed by atoms with Gasteiger partial charge >= 0.3 is 0 Å². The van der Waals surface area contributed by atoms with Crippen LogP contribution >= 0.6 is 0 Å². The molecule has 116 valence electrons. The second-order valence-electron chi connectivity index (χ2n) is 6.70. The van der Waals surface area contributed by atoms with Gasteiger partial charge in [0, 0.05) is 12.2 Å². The van der Waals surface area contributed by atoms with Gasteiger partial charge in [-0.2, -0.15) is 0 Å². The summed E-state index contributed by atoms with van der Waals surface area (Å²) in [5.41, 5.74) is 7.91. The predicted molar refractivity (Wildman–Crippen MR) is 87.0 cm³/mol. The Balaban J connectivity index is 1.90. The first-order chi connectivity index (χ1) is 10.00. The minimum atomic E-state index is 0.0515. The average Bonchev–Trinajstić information content (AvgIpc) is 2.61. The highest BCUT2D eigenvalue weighted by atomic mass is 16.2. The van der Waals surface area contributed by atoms with E-state index in [1.807, 2.05) is 24.3 Å². The molecular formula is C17H27N3O. The van der Waals surface area contributed by atoms with Crippen LogP contribution in [0.4, 0.5) is 5.69 Å². The van der Waals surface area contributed by atoms with E-state index in [0.717, 1.165) is 30.8 Å². The fourth-order valence-corrected chi connectivity index (χ4v) is 2.85. The summed E-state index contributed by atoms with van der Waals surface area (Å²) in [5, 5.41) is 2.99. The van der Waals surface area contributed by atoms with Crippen molar-refractivity contribution in [2.45, 2.75) is 39.7 Å². The number of likely N-dealkylation sites (tertiary alicyclic amines) is 1. The van der Waals surface area contributed by atoms with Gasteiger partial charge in [0.15, 0.2) is 0 Å². The average molecular weight is 289 g/mol. The summed E-state index contributed by atoms with van der Waals surface area (Å²) < 4.78 is 0. The lowest BCUT2D eigenvalue weighted by molar-refractivity contribution is -0.117. The molecule has 1 aliphatic rings. The fourth-order valence-electron chi connectivity index (χ4n) is 2.85. The van der Waals surface area contributed by atoms with Crippen LogP contribution < -0.4 is 11.1 Å². The van der Waals surface area contributed by atoms with Gasteiger partial charge in [-0.1, -0.05) is 32.0 Å². The van der Waals surface area contributed by atoms with Crippen LogP contribution in [-0.2, 0) is 11.3 Å². The number of nitrogens with one attached hydrogen (secondary N) is 1. The molecule has 1 amide bonds. The first-order valence-electron chi connectivity index (χ1n) is 7.80. The van der Waals surface area contributed by atoms with Crippen molar-refractivity contribution in [1.82, 2.24) is 4.90 Å². The van der Waals surface area contributed by atoms with E-state index in [2.05, 4.69) is 24.1 Å². The van der Waals surface area contributed by atoms with Crippen LogP contribution in [0, 0.1) is 5.41 Å². The van der Waals surface area contributed by atoms with Crippen molar-refractivity contribution in [3.05, 3.63) is 29.8 Å². The minimum Gasteiger partial charge on any atom is -0.326 e. The molecule has 4 nitrogen and oxygen atoms in total. The Kier molecular flexibility index (Phi) is 5.37. The third-order valence-corrected chi connectivity index (χ3v) is 4.31.